The Morgan fingerprint density at radius 3 is 2.75 bits per heavy atom. The van der Waals surface area contributed by atoms with Crippen molar-refractivity contribution in [2.24, 2.45) is 12.8 Å². The highest BCUT2D eigenvalue weighted by Crippen LogP contribution is 2.28. The summed E-state index contributed by atoms with van der Waals surface area (Å²) < 4.78 is 1.80. The van der Waals surface area contributed by atoms with Gasteiger partial charge < -0.3 is 5.73 Å². The molecule has 4 heteroatoms. The molecule has 0 amide bonds. The fourth-order valence-corrected chi connectivity index (χ4v) is 2.03. The molecule has 1 aromatic heterocycles. The van der Waals surface area contributed by atoms with Gasteiger partial charge in [0.2, 0.25) is 0 Å². The molecule has 0 saturated carbocycles. The average molecular weight is 238 g/mol. The zero-order valence-electron chi connectivity index (χ0n) is 9.79. The first-order valence-corrected chi connectivity index (χ1v) is 5.66. The van der Waals surface area contributed by atoms with E-state index in [0.717, 1.165) is 10.9 Å². The van der Waals surface area contributed by atoms with Gasteiger partial charge in [0.1, 0.15) is 0 Å². The first-order valence-electron chi connectivity index (χ1n) is 5.28. The molecule has 0 saturated heterocycles. The highest BCUT2D eigenvalue weighted by Gasteiger charge is 2.19. The van der Waals surface area contributed by atoms with E-state index in [0.29, 0.717) is 11.7 Å². The monoisotopic (exact) mass is 237 g/mol. The average Bonchev–Trinajstić information content (AvgIpc) is 2.54. The number of halogens is 1. The highest BCUT2D eigenvalue weighted by molar-refractivity contribution is 6.34. The molecule has 2 rings (SSSR count). The van der Waals surface area contributed by atoms with Gasteiger partial charge in [-0.3, -0.25) is 4.68 Å². The van der Waals surface area contributed by atoms with Gasteiger partial charge in [0, 0.05) is 24.4 Å². The van der Waals surface area contributed by atoms with Crippen LogP contribution in [-0.2, 0) is 12.5 Å². The smallest absolute Gasteiger partial charge is 0.158 e. The molecular weight excluding hydrogens is 222 g/mol. The lowest BCUT2D eigenvalue weighted by atomic mass is 9.84. The first kappa shape index (κ1) is 11.4. The Morgan fingerprint density at radius 2 is 2.12 bits per heavy atom. The van der Waals surface area contributed by atoms with E-state index in [1.54, 1.807) is 4.68 Å². The maximum Gasteiger partial charge on any atom is 0.158 e. The topological polar surface area (TPSA) is 43.8 Å². The molecule has 0 aliphatic carbocycles. The fourth-order valence-electron chi connectivity index (χ4n) is 1.75. The van der Waals surface area contributed by atoms with Crippen molar-refractivity contribution in [1.29, 1.82) is 0 Å². The van der Waals surface area contributed by atoms with E-state index in [4.69, 9.17) is 17.3 Å². The Labute approximate surface area is 100 Å². The minimum Gasteiger partial charge on any atom is -0.330 e. The molecule has 0 atom stereocenters. The number of nitrogens with two attached hydrogens (primary N) is 1. The molecular formula is C12H16ClN3. The van der Waals surface area contributed by atoms with E-state index in [9.17, 15) is 0 Å². The third-order valence-electron chi connectivity index (χ3n) is 3.10. The lowest BCUT2D eigenvalue weighted by Crippen LogP contribution is -2.27. The third-order valence-corrected chi connectivity index (χ3v) is 3.38. The van der Waals surface area contributed by atoms with Crippen LogP contribution in [0.1, 0.15) is 19.4 Å². The summed E-state index contributed by atoms with van der Waals surface area (Å²) in [7, 11) is 1.90. The van der Waals surface area contributed by atoms with Crippen molar-refractivity contribution in [2.45, 2.75) is 19.3 Å². The Morgan fingerprint density at radius 1 is 1.44 bits per heavy atom. The normalized spacial score (nSPS) is 12.3. The Hall–Kier alpha value is -1.06. The third kappa shape index (κ3) is 1.70. The van der Waals surface area contributed by atoms with Gasteiger partial charge in [-0.2, -0.15) is 5.10 Å². The van der Waals surface area contributed by atoms with Crippen LogP contribution in [0.5, 0.6) is 0 Å². The zero-order valence-corrected chi connectivity index (χ0v) is 10.5. The van der Waals surface area contributed by atoms with Gasteiger partial charge in [-0.05, 0) is 17.7 Å². The van der Waals surface area contributed by atoms with Crippen molar-refractivity contribution in [2.75, 3.05) is 6.54 Å². The van der Waals surface area contributed by atoms with E-state index < -0.39 is 0 Å². The van der Waals surface area contributed by atoms with Gasteiger partial charge in [0.25, 0.3) is 0 Å². The maximum atomic E-state index is 6.02. The zero-order chi connectivity index (χ0) is 11.9. The summed E-state index contributed by atoms with van der Waals surface area (Å²) in [5, 5.41) is 5.73. The highest BCUT2D eigenvalue weighted by atomic mass is 35.5. The minimum atomic E-state index is -0.0229. The standard InChI is InChI=1S/C12H16ClN3/c1-12(2,7-14)8-4-5-9-10(6-8)16(3)15-11(9)13/h4-6H,7,14H2,1-3H3. The van der Waals surface area contributed by atoms with Crippen molar-refractivity contribution in [3.63, 3.8) is 0 Å². The van der Waals surface area contributed by atoms with Gasteiger partial charge in [-0.15, -0.1) is 0 Å². The predicted octanol–water partition coefficient (Wildman–Crippen LogP) is 2.46. The number of aryl methyl sites for hydroxylation is 1. The molecule has 1 aromatic carbocycles. The van der Waals surface area contributed by atoms with Crippen LogP contribution in [0.4, 0.5) is 0 Å². The van der Waals surface area contributed by atoms with Crippen LogP contribution in [0.15, 0.2) is 18.2 Å². The molecule has 0 aliphatic heterocycles. The summed E-state index contributed by atoms with van der Waals surface area (Å²) >= 11 is 6.02. The second kappa shape index (κ2) is 3.75. The minimum absolute atomic E-state index is 0.0229. The van der Waals surface area contributed by atoms with E-state index in [2.05, 4.69) is 31.1 Å². The van der Waals surface area contributed by atoms with Crippen molar-refractivity contribution in [3.8, 4) is 0 Å². The molecule has 0 fully saturated rings. The molecule has 2 N–H and O–H groups in total. The summed E-state index contributed by atoms with van der Waals surface area (Å²) in [5.74, 6) is 0. The molecule has 0 spiro atoms. The molecule has 86 valence electrons. The van der Waals surface area contributed by atoms with E-state index in [1.165, 1.54) is 5.56 Å². The summed E-state index contributed by atoms with van der Waals surface area (Å²) in [6, 6.07) is 6.20. The molecule has 0 radical (unpaired) electrons. The number of hydrogen-bond donors (Lipinski definition) is 1. The number of rotatable bonds is 2. The number of aromatic nitrogens is 2. The lowest BCUT2D eigenvalue weighted by molar-refractivity contribution is 0.539. The predicted molar refractivity (Wildman–Crippen MR) is 67.8 cm³/mol. The molecule has 1 heterocycles. The lowest BCUT2D eigenvalue weighted by Gasteiger charge is -2.23. The van der Waals surface area contributed by atoms with E-state index in [1.807, 2.05) is 13.1 Å². The molecule has 0 bridgehead atoms. The van der Waals surface area contributed by atoms with Crippen LogP contribution < -0.4 is 5.73 Å². The number of benzene rings is 1. The molecule has 0 aliphatic rings. The fraction of sp³-hybridized carbons (Fsp3) is 0.417. The van der Waals surface area contributed by atoms with E-state index in [-0.39, 0.29) is 5.41 Å². The van der Waals surface area contributed by atoms with Gasteiger partial charge in [0.15, 0.2) is 5.15 Å². The number of fused-ring (bicyclic) bond motifs is 1. The van der Waals surface area contributed by atoms with Gasteiger partial charge >= 0.3 is 0 Å². The van der Waals surface area contributed by atoms with Crippen LogP contribution in [0.25, 0.3) is 10.9 Å². The first-order chi connectivity index (χ1) is 7.45. The van der Waals surface area contributed by atoms with Crippen LogP contribution in [0.2, 0.25) is 5.15 Å². The van der Waals surface area contributed by atoms with Crippen LogP contribution in [0.3, 0.4) is 0 Å². The molecule has 16 heavy (non-hydrogen) atoms. The second-order valence-corrected chi connectivity index (χ2v) is 5.09. The van der Waals surface area contributed by atoms with Crippen LogP contribution >= 0.6 is 11.6 Å². The van der Waals surface area contributed by atoms with Crippen molar-refractivity contribution < 1.29 is 0 Å². The summed E-state index contributed by atoms with van der Waals surface area (Å²) in [6.07, 6.45) is 0. The Bertz CT molecular complexity index is 528. The van der Waals surface area contributed by atoms with E-state index >= 15 is 0 Å². The largest absolute Gasteiger partial charge is 0.330 e. The van der Waals surface area contributed by atoms with Gasteiger partial charge in [-0.1, -0.05) is 31.5 Å². The van der Waals surface area contributed by atoms with Crippen molar-refractivity contribution in [3.05, 3.63) is 28.9 Å². The number of nitrogens with zero attached hydrogens (tertiary/aromatic N) is 2. The molecule has 0 unspecified atom stereocenters. The Kier molecular flexibility index (Phi) is 2.68. The van der Waals surface area contributed by atoms with Gasteiger partial charge in [0.05, 0.1) is 5.52 Å². The van der Waals surface area contributed by atoms with Crippen molar-refractivity contribution >= 4 is 22.5 Å². The summed E-state index contributed by atoms with van der Waals surface area (Å²) in [4.78, 5) is 0. The maximum absolute atomic E-state index is 6.02. The van der Waals surface area contributed by atoms with Crippen LogP contribution in [0, 0.1) is 0 Å². The van der Waals surface area contributed by atoms with Crippen molar-refractivity contribution in [1.82, 2.24) is 9.78 Å². The summed E-state index contributed by atoms with van der Waals surface area (Å²) in [6.45, 7) is 4.88. The van der Waals surface area contributed by atoms with Gasteiger partial charge in [-0.25, -0.2) is 0 Å². The molecule has 3 nitrogen and oxygen atoms in total. The summed E-state index contributed by atoms with van der Waals surface area (Å²) in [5.41, 5.74) is 8.01. The number of hydrogen-bond acceptors (Lipinski definition) is 2. The van der Waals surface area contributed by atoms with Crippen LogP contribution in [-0.4, -0.2) is 16.3 Å². The Balaban J connectivity index is 2.64. The quantitative estimate of drug-likeness (QED) is 0.872. The molecule has 2 aromatic rings. The second-order valence-electron chi connectivity index (χ2n) is 4.73. The SMILES string of the molecule is Cn1nc(Cl)c2ccc(C(C)(C)CN)cc21.